The molecule has 0 saturated carbocycles. The van der Waals surface area contributed by atoms with Crippen LogP contribution in [0.3, 0.4) is 0 Å². The van der Waals surface area contributed by atoms with Gasteiger partial charge in [0.25, 0.3) is 0 Å². The van der Waals surface area contributed by atoms with Crippen molar-refractivity contribution in [2.75, 3.05) is 0 Å². The van der Waals surface area contributed by atoms with Gasteiger partial charge in [-0.25, -0.2) is 0 Å². The van der Waals surface area contributed by atoms with Crippen molar-refractivity contribution in [3.63, 3.8) is 0 Å². The van der Waals surface area contributed by atoms with E-state index in [1.165, 1.54) is 17.2 Å². The summed E-state index contributed by atoms with van der Waals surface area (Å²) in [7, 11) is 0. The zero-order chi connectivity index (χ0) is 6.73. The second-order valence-electron chi connectivity index (χ2n) is 1.35. The molecule has 0 rings (SSSR count). The summed E-state index contributed by atoms with van der Waals surface area (Å²) in [6, 6.07) is 0. The Morgan fingerprint density at radius 3 is 1.50 bits per heavy atom. The van der Waals surface area contributed by atoms with Crippen LogP contribution in [-0.4, -0.2) is 15.1 Å². The molecule has 0 N–H and O–H groups in total. The number of amides is 2. The van der Waals surface area contributed by atoms with E-state index in [2.05, 4.69) is 0 Å². The summed E-state index contributed by atoms with van der Waals surface area (Å²) in [4.78, 5) is 20.6. The number of imide groups is 1. The first kappa shape index (κ1) is 7.88. The van der Waals surface area contributed by atoms with E-state index >= 15 is 0 Å². The minimum atomic E-state index is -0.175. The fraction of sp³-hybridized carbons (Fsp3) is 0.500. The van der Waals surface area contributed by atoms with E-state index in [0.717, 1.165) is 0 Å². The Morgan fingerprint density at radius 1 is 1.25 bits per heavy atom. The molecule has 0 unspecified atom stereocenters. The maximum atomic E-state index is 10.3. The van der Waals surface area contributed by atoms with E-state index in [1.54, 1.807) is 0 Å². The van der Waals surface area contributed by atoms with Gasteiger partial charge in [-0.05, 0) is 0 Å². The molecule has 0 aromatic rings. The standard InChI is InChI=1S/C4H7NO2.Ta/c1-3(6)5-4(2)7;/h1-2H3,(H,5,6,7);/q;+1/p-1. The van der Waals surface area contributed by atoms with E-state index in [1.807, 2.05) is 0 Å². The molecule has 0 heterocycles. The molecule has 2 amide bonds. The van der Waals surface area contributed by atoms with Crippen molar-refractivity contribution in [2.24, 2.45) is 0 Å². The van der Waals surface area contributed by atoms with Crippen molar-refractivity contribution in [2.45, 2.75) is 13.8 Å². The summed E-state index contributed by atoms with van der Waals surface area (Å²) < 4.78 is 1.17. The van der Waals surface area contributed by atoms with Gasteiger partial charge < -0.3 is 0 Å². The molecule has 3 nitrogen and oxygen atoms in total. The molecule has 0 aromatic carbocycles. The van der Waals surface area contributed by atoms with Crippen molar-refractivity contribution >= 4 is 11.8 Å². The fourth-order valence-electron chi connectivity index (χ4n) is 0.222. The summed E-state index contributed by atoms with van der Waals surface area (Å²) in [6.45, 7) is 2.75. The molecule has 44 valence electrons. The Morgan fingerprint density at radius 2 is 1.50 bits per heavy atom. The second kappa shape index (κ2) is 3.02. The third kappa shape index (κ3) is 2.26. The molecule has 0 aromatic heterocycles. The second-order valence-corrected chi connectivity index (χ2v) is 2.79. The molecule has 0 bridgehead atoms. The summed E-state index contributed by atoms with van der Waals surface area (Å²) in [5.74, 6) is -0.350. The quantitative estimate of drug-likeness (QED) is 0.619. The third-order valence-electron chi connectivity index (χ3n) is 0.597. The molecule has 0 aliphatic heterocycles. The third-order valence-corrected chi connectivity index (χ3v) is 2.62. The zero-order valence-corrected chi connectivity index (χ0v) is 7.92. The van der Waals surface area contributed by atoms with Crippen LogP contribution in [0.25, 0.3) is 0 Å². The van der Waals surface area contributed by atoms with Gasteiger partial charge in [0.05, 0.1) is 0 Å². The minimum absolute atomic E-state index is 0.175. The van der Waals surface area contributed by atoms with Gasteiger partial charge in [-0.3, -0.25) is 0 Å². The summed E-state index contributed by atoms with van der Waals surface area (Å²) in [6.07, 6.45) is 0. The van der Waals surface area contributed by atoms with Crippen LogP contribution < -0.4 is 0 Å². The van der Waals surface area contributed by atoms with Crippen molar-refractivity contribution in [3.8, 4) is 0 Å². The fourth-order valence-corrected chi connectivity index (χ4v) is 0.222. The predicted molar refractivity (Wildman–Crippen MR) is 23.2 cm³/mol. The number of carbonyl (C=O) groups is 2. The first-order valence-corrected chi connectivity index (χ1v) is 3.49. The van der Waals surface area contributed by atoms with Crippen molar-refractivity contribution in [1.29, 1.82) is 0 Å². The number of hydrogen-bond donors (Lipinski definition) is 0. The Hall–Kier alpha value is -0.120. The zero-order valence-electron chi connectivity index (χ0n) is 4.71. The maximum absolute atomic E-state index is 10.3. The van der Waals surface area contributed by atoms with E-state index in [-0.39, 0.29) is 11.8 Å². The molecule has 0 saturated heterocycles. The van der Waals surface area contributed by atoms with Crippen LogP contribution in [0, 0.1) is 0 Å². The van der Waals surface area contributed by atoms with Gasteiger partial charge in [-0.2, -0.15) is 0 Å². The molecular weight excluding hydrogens is 275 g/mol. The summed E-state index contributed by atoms with van der Waals surface area (Å²) >= 11 is 0.684. The van der Waals surface area contributed by atoms with Crippen LogP contribution in [0.2, 0.25) is 0 Å². The topological polar surface area (TPSA) is 37.4 Å². The number of hydrogen-bond acceptors (Lipinski definition) is 2. The van der Waals surface area contributed by atoms with Crippen LogP contribution in [0.1, 0.15) is 13.8 Å². The monoisotopic (exact) mass is 281 g/mol. The molecular formula is C4H6NO2Ta. The van der Waals surface area contributed by atoms with Crippen LogP contribution in [-0.2, 0) is 30.9 Å². The van der Waals surface area contributed by atoms with E-state index in [4.69, 9.17) is 0 Å². The van der Waals surface area contributed by atoms with Crippen molar-refractivity contribution < 1.29 is 30.9 Å². The number of rotatable bonds is 0. The van der Waals surface area contributed by atoms with E-state index in [9.17, 15) is 9.59 Å². The number of nitrogens with zero attached hydrogens (tertiary/aromatic N) is 1. The predicted octanol–water partition coefficient (Wildman–Crippen LogP) is -0.157. The molecule has 0 radical (unpaired) electrons. The van der Waals surface area contributed by atoms with Gasteiger partial charge in [-0.15, -0.1) is 0 Å². The summed E-state index contributed by atoms with van der Waals surface area (Å²) in [5, 5.41) is 0. The molecule has 0 spiro atoms. The molecule has 0 fully saturated rings. The molecule has 4 heteroatoms. The van der Waals surface area contributed by atoms with Gasteiger partial charge in [-0.1, -0.05) is 0 Å². The Balaban J connectivity index is 3.83. The van der Waals surface area contributed by atoms with E-state index < -0.39 is 0 Å². The number of carbonyl (C=O) groups excluding carboxylic acids is 2. The normalized spacial score (nSPS) is 8.25. The van der Waals surface area contributed by atoms with Crippen LogP contribution in [0.4, 0.5) is 0 Å². The van der Waals surface area contributed by atoms with Crippen molar-refractivity contribution in [1.82, 2.24) is 3.30 Å². The molecule has 0 aliphatic carbocycles. The average Bonchev–Trinajstić information content (AvgIpc) is 1.64. The summed E-state index contributed by atoms with van der Waals surface area (Å²) in [5.41, 5.74) is 0. The Labute approximate surface area is 60.3 Å². The van der Waals surface area contributed by atoms with Gasteiger partial charge in [0, 0.05) is 0 Å². The van der Waals surface area contributed by atoms with Gasteiger partial charge in [0.1, 0.15) is 0 Å². The SMILES string of the molecule is CC(=O)[N]([Ta])C(C)=O. The Kier molecular flexibility index (Phi) is 2.97. The van der Waals surface area contributed by atoms with Crippen LogP contribution in [0.5, 0.6) is 0 Å². The average molecular weight is 281 g/mol. The first-order chi connectivity index (χ1) is 3.55. The van der Waals surface area contributed by atoms with Gasteiger partial charge in [0.15, 0.2) is 0 Å². The van der Waals surface area contributed by atoms with Crippen molar-refractivity contribution in [3.05, 3.63) is 0 Å². The molecule has 0 aliphatic rings. The molecule has 0 atom stereocenters. The van der Waals surface area contributed by atoms with Gasteiger partial charge in [0.2, 0.25) is 0 Å². The van der Waals surface area contributed by atoms with Crippen LogP contribution >= 0.6 is 0 Å². The first-order valence-electron chi connectivity index (χ1n) is 2.06. The van der Waals surface area contributed by atoms with E-state index in [0.29, 0.717) is 21.3 Å². The molecule has 8 heavy (non-hydrogen) atoms. The van der Waals surface area contributed by atoms with Gasteiger partial charge >= 0.3 is 59.9 Å². The Bertz CT molecular complexity index is 109. The van der Waals surface area contributed by atoms with Crippen LogP contribution in [0.15, 0.2) is 0 Å².